The maximum atomic E-state index is 14.0. The Hall–Kier alpha value is -3.41. The smallest absolute Gasteiger partial charge is 0.333 e. The van der Waals surface area contributed by atoms with Crippen LogP contribution in [0.4, 0.5) is 4.39 Å². The molecule has 1 aromatic heterocycles. The molecule has 0 aliphatic carbocycles. The van der Waals surface area contributed by atoms with E-state index in [0.717, 1.165) is 0 Å². The maximum absolute atomic E-state index is 14.0. The quantitative estimate of drug-likeness (QED) is 0.388. The largest absolute Gasteiger partial charge is 0.479 e. The van der Waals surface area contributed by atoms with Crippen LogP contribution in [0.3, 0.4) is 0 Å². The van der Waals surface area contributed by atoms with Crippen molar-refractivity contribution in [2.24, 2.45) is 0 Å². The van der Waals surface area contributed by atoms with Gasteiger partial charge >= 0.3 is 11.9 Å². The van der Waals surface area contributed by atoms with E-state index in [1.807, 2.05) is 0 Å². The first-order valence-corrected chi connectivity index (χ1v) is 8.96. The number of aromatic amines is 1. The summed E-state index contributed by atoms with van der Waals surface area (Å²) in [6.45, 7) is -0.344. The number of carboxylic acids is 1. The van der Waals surface area contributed by atoms with Crippen LogP contribution >= 0.6 is 11.6 Å². The molecule has 3 aromatic rings. The van der Waals surface area contributed by atoms with Crippen LogP contribution in [0.25, 0.3) is 11.1 Å². The molecule has 0 aliphatic rings. The number of aliphatic hydroxyl groups is 1. The monoisotopic (exact) mass is 434 g/mol. The summed E-state index contributed by atoms with van der Waals surface area (Å²) in [5.74, 6) is -2.76. The summed E-state index contributed by atoms with van der Waals surface area (Å²) in [7, 11) is 0. The molecule has 0 fully saturated rings. The molecule has 1 amide bonds. The standard InChI is InChI=1S/C18H16ClFN6O4/c19-12-5-6-14(20)13(7-12)11-3-1-10(2-4-11)8-26(9-15(27)18(29)30)23-17(28)16-21-24-25-22-16/h1-7,15,27H,8-9H2,(H,23,28)(H,29,30)(H,21,22,24,25). The van der Waals surface area contributed by atoms with E-state index in [9.17, 15) is 19.1 Å². The van der Waals surface area contributed by atoms with Gasteiger partial charge in [-0.1, -0.05) is 35.9 Å². The molecule has 12 heteroatoms. The number of carbonyl (C=O) groups excluding carboxylic acids is 1. The van der Waals surface area contributed by atoms with E-state index in [0.29, 0.717) is 21.7 Å². The van der Waals surface area contributed by atoms with E-state index in [4.69, 9.17) is 16.7 Å². The molecule has 0 radical (unpaired) electrons. The molecule has 0 saturated carbocycles. The van der Waals surface area contributed by atoms with Crippen molar-refractivity contribution in [1.29, 1.82) is 0 Å². The van der Waals surface area contributed by atoms with Crippen LogP contribution in [-0.4, -0.2) is 60.4 Å². The van der Waals surface area contributed by atoms with Crippen LogP contribution in [-0.2, 0) is 11.3 Å². The lowest BCUT2D eigenvalue weighted by Crippen LogP contribution is -2.47. The Kier molecular flexibility index (Phi) is 6.67. The molecule has 0 saturated heterocycles. The zero-order valence-electron chi connectivity index (χ0n) is 15.3. The van der Waals surface area contributed by atoms with Crippen molar-refractivity contribution in [3.8, 4) is 11.1 Å². The van der Waals surface area contributed by atoms with Gasteiger partial charge in [0.2, 0.25) is 5.82 Å². The van der Waals surface area contributed by atoms with Gasteiger partial charge in [0.1, 0.15) is 5.82 Å². The lowest BCUT2D eigenvalue weighted by molar-refractivity contribution is -0.148. The summed E-state index contributed by atoms with van der Waals surface area (Å²) in [4.78, 5) is 23.1. The third-order valence-electron chi connectivity index (χ3n) is 4.07. The second-order valence-corrected chi connectivity index (χ2v) is 6.68. The number of benzene rings is 2. The van der Waals surface area contributed by atoms with Gasteiger partial charge in [0.25, 0.3) is 0 Å². The zero-order chi connectivity index (χ0) is 21.7. The average molecular weight is 435 g/mol. The number of rotatable bonds is 8. The number of nitrogens with zero attached hydrogens (tertiary/aromatic N) is 4. The fourth-order valence-corrected chi connectivity index (χ4v) is 2.79. The molecular weight excluding hydrogens is 419 g/mol. The van der Waals surface area contributed by atoms with E-state index >= 15 is 0 Å². The molecule has 156 valence electrons. The van der Waals surface area contributed by atoms with Crippen LogP contribution in [0.2, 0.25) is 5.02 Å². The summed E-state index contributed by atoms with van der Waals surface area (Å²) in [5.41, 5.74) is 4.02. The summed E-state index contributed by atoms with van der Waals surface area (Å²) in [6.07, 6.45) is -1.74. The number of carbonyl (C=O) groups is 2. The summed E-state index contributed by atoms with van der Waals surface area (Å²) >= 11 is 5.93. The molecule has 3 rings (SSSR count). The molecule has 10 nitrogen and oxygen atoms in total. The van der Waals surface area contributed by atoms with E-state index < -0.39 is 30.3 Å². The Morgan fingerprint density at radius 2 is 1.97 bits per heavy atom. The highest BCUT2D eigenvalue weighted by molar-refractivity contribution is 6.30. The number of tetrazole rings is 1. The van der Waals surface area contributed by atoms with Crippen molar-refractivity contribution >= 4 is 23.5 Å². The highest BCUT2D eigenvalue weighted by atomic mass is 35.5. The highest BCUT2D eigenvalue weighted by Crippen LogP contribution is 2.26. The van der Waals surface area contributed by atoms with Gasteiger partial charge in [-0.15, -0.1) is 5.10 Å². The van der Waals surface area contributed by atoms with Gasteiger partial charge in [-0.25, -0.2) is 19.3 Å². The van der Waals surface area contributed by atoms with Gasteiger partial charge in [0.05, 0.1) is 6.54 Å². The van der Waals surface area contributed by atoms with E-state index in [2.05, 4.69) is 26.0 Å². The Labute approximate surface area is 174 Å². The molecule has 0 aliphatic heterocycles. The summed E-state index contributed by atoms with van der Waals surface area (Å²) in [6, 6.07) is 10.9. The lowest BCUT2D eigenvalue weighted by atomic mass is 10.0. The second kappa shape index (κ2) is 9.39. The molecule has 4 N–H and O–H groups in total. The number of hydrazine groups is 1. The molecule has 1 unspecified atom stereocenters. The molecule has 0 bridgehead atoms. The maximum Gasteiger partial charge on any atom is 0.333 e. The number of halogens is 2. The number of carboxylic acid groups (broad SMARTS) is 1. The minimum Gasteiger partial charge on any atom is -0.479 e. The van der Waals surface area contributed by atoms with E-state index in [-0.39, 0.29) is 12.4 Å². The molecule has 1 atom stereocenters. The van der Waals surface area contributed by atoms with E-state index in [1.54, 1.807) is 24.3 Å². The number of hydrogen-bond donors (Lipinski definition) is 4. The van der Waals surface area contributed by atoms with E-state index in [1.165, 1.54) is 23.2 Å². The van der Waals surface area contributed by atoms with Crippen molar-refractivity contribution in [2.75, 3.05) is 6.54 Å². The summed E-state index contributed by atoms with van der Waals surface area (Å²) in [5, 5.41) is 32.6. The first-order valence-electron chi connectivity index (χ1n) is 8.58. The van der Waals surface area contributed by atoms with Crippen molar-refractivity contribution in [2.45, 2.75) is 12.6 Å². The van der Waals surface area contributed by atoms with Gasteiger partial charge in [0, 0.05) is 17.1 Å². The molecule has 30 heavy (non-hydrogen) atoms. The predicted molar refractivity (Wildman–Crippen MR) is 103 cm³/mol. The van der Waals surface area contributed by atoms with Crippen LogP contribution in [0, 0.1) is 5.82 Å². The fourth-order valence-electron chi connectivity index (χ4n) is 2.62. The Balaban J connectivity index is 1.76. The number of nitrogens with one attached hydrogen (secondary N) is 2. The van der Waals surface area contributed by atoms with Gasteiger partial charge in [-0.05, 0) is 39.8 Å². The number of aromatic nitrogens is 4. The van der Waals surface area contributed by atoms with Crippen LogP contribution in [0.5, 0.6) is 0 Å². The minimum absolute atomic E-state index is 0.0515. The van der Waals surface area contributed by atoms with Gasteiger partial charge in [-0.3, -0.25) is 10.2 Å². The number of hydrogen-bond acceptors (Lipinski definition) is 7. The SMILES string of the molecule is O=C(NN(Cc1ccc(-c2cc(Cl)ccc2F)cc1)CC(O)C(=O)O)c1nnn[nH]1. The van der Waals surface area contributed by atoms with Crippen LogP contribution in [0.15, 0.2) is 42.5 Å². The van der Waals surface area contributed by atoms with Crippen LogP contribution in [0.1, 0.15) is 16.2 Å². The predicted octanol–water partition coefficient (Wildman–Crippen LogP) is 1.25. The van der Waals surface area contributed by atoms with Crippen molar-refractivity contribution in [3.05, 3.63) is 64.7 Å². The Morgan fingerprint density at radius 3 is 2.60 bits per heavy atom. The minimum atomic E-state index is -1.74. The number of aliphatic hydroxyl groups excluding tert-OH is 1. The van der Waals surface area contributed by atoms with Gasteiger partial charge in [-0.2, -0.15) is 0 Å². The number of amides is 1. The zero-order valence-corrected chi connectivity index (χ0v) is 16.0. The molecule has 1 heterocycles. The third-order valence-corrected chi connectivity index (χ3v) is 4.30. The molecule has 2 aromatic carbocycles. The Bertz CT molecular complexity index is 1030. The number of H-pyrrole nitrogens is 1. The van der Waals surface area contributed by atoms with Crippen LogP contribution < -0.4 is 5.43 Å². The second-order valence-electron chi connectivity index (χ2n) is 6.25. The van der Waals surface area contributed by atoms with Gasteiger partial charge < -0.3 is 10.2 Å². The lowest BCUT2D eigenvalue weighted by Gasteiger charge is -2.24. The molecular formula is C18H16ClFN6O4. The topological polar surface area (TPSA) is 144 Å². The molecule has 0 spiro atoms. The first kappa shape index (κ1) is 21.3. The Morgan fingerprint density at radius 1 is 1.23 bits per heavy atom. The van der Waals surface area contributed by atoms with Crippen molar-refractivity contribution in [3.63, 3.8) is 0 Å². The first-order chi connectivity index (χ1) is 14.3. The summed E-state index contributed by atoms with van der Waals surface area (Å²) < 4.78 is 14.0. The number of aliphatic carboxylic acids is 1. The van der Waals surface area contributed by atoms with Gasteiger partial charge in [0.15, 0.2) is 6.10 Å². The van der Waals surface area contributed by atoms with Crippen molar-refractivity contribution < 1.29 is 24.2 Å². The average Bonchev–Trinajstić information content (AvgIpc) is 3.25. The highest BCUT2D eigenvalue weighted by Gasteiger charge is 2.21. The third kappa shape index (κ3) is 5.35. The van der Waals surface area contributed by atoms with Crippen molar-refractivity contribution in [1.82, 2.24) is 31.1 Å². The fraction of sp³-hybridized carbons (Fsp3) is 0.167. The normalized spacial score (nSPS) is 12.0.